The van der Waals surface area contributed by atoms with Gasteiger partial charge in [-0.2, -0.15) is 0 Å². The fourth-order valence-electron chi connectivity index (χ4n) is 1.29. The molecule has 0 aliphatic carbocycles. The topological polar surface area (TPSA) is 84.9 Å². The minimum absolute atomic E-state index is 0.0635. The van der Waals surface area contributed by atoms with E-state index in [9.17, 15) is 14.7 Å². The van der Waals surface area contributed by atoms with Crippen LogP contribution in [-0.2, 0) is 14.3 Å². The van der Waals surface area contributed by atoms with E-state index in [4.69, 9.17) is 9.47 Å². The normalized spacial score (nSPS) is 13.3. The molecule has 0 spiro atoms. The van der Waals surface area contributed by atoms with Crippen molar-refractivity contribution in [2.24, 2.45) is 0 Å². The first-order valence-electron chi connectivity index (χ1n) is 6.32. The molecule has 0 aromatic carbocycles. The minimum atomic E-state index is -0.584. The first kappa shape index (κ1) is 17.4. The van der Waals surface area contributed by atoms with Crippen molar-refractivity contribution in [1.82, 2.24) is 5.32 Å². The standard InChI is InChI=1S/C13H23NO5/c1-5-11(8-10(4)15)19-13(17)14-6-7-18-12(16)9(2)3/h10-11,15H,2,5-8H2,1,3-4H3,(H,14,17). The summed E-state index contributed by atoms with van der Waals surface area (Å²) in [6, 6.07) is 0. The molecular weight excluding hydrogens is 250 g/mol. The number of amides is 1. The van der Waals surface area contributed by atoms with Crippen LogP contribution < -0.4 is 5.32 Å². The van der Waals surface area contributed by atoms with Crippen molar-refractivity contribution in [3.63, 3.8) is 0 Å². The van der Waals surface area contributed by atoms with Gasteiger partial charge in [-0.3, -0.25) is 0 Å². The lowest BCUT2D eigenvalue weighted by molar-refractivity contribution is -0.138. The van der Waals surface area contributed by atoms with Crippen molar-refractivity contribution in [1.29, 1.82) is 0 Å². The van der Waals surface area contributed by atoms with E-state index in [1.54, 1.807) is 13.8 Å². The SMILES string of the molecule is C=C(C)C(=O)OCCNC(=O)OC(CC)CC(C)O. The zero-order valence-corrected chi connectivity index (χ0v) is 11.8. The van der Waals surface area contributed by atoms with E-state index in [0.29, 0.717) is 18.4 Å². The van der Waals surface area contributed by atoms with Gasteiger partial charge in [-0.15, -0.1) is 0 Å². The lowest BCUT2D eigenvalue weighted by Gasteiger charge is -2.17. The zero-order valence-electron chi connectivity index (χ0n) is 11.8. The summed E-state index contributed by atoms with van der Waals surface area (Å²) in [5.41, 5.74) is 0.311. The number of carbonyl (C=O) groups excluding carboxylic acids is 2. The van der Waals surface area contributed by atoms with Crippen LogP contribution >= 0.6 is 0 Å². The van der Waals surface area contributed by atoms with Crippen molar-refractivity contribution < 1.29 is 24.2 Å². The van der Waals surface area contributed by atoms with Crippen LogP contribution in [0.2, 0.25) is 0 Å². The molecule has 0 aliphatic heterocycles. The van der Waals surface area contributed by atoms with E-state index in [2.05, 4.69) is 11.9 Å². The Morgan fingerprint density at radius 2 is 2.05 bits per heavy atom. The second kappa shape index (κ2) is 9.38. The van der Waals surface area contributed by atoms with E-state index >= 15 is 0 Å². The van der Waals surface area contributed by atoms with Gasteiger partial charge in [0, 0.05) is 12.0 Å². The molecule has 0 heterocycles. The molecule has 110 valence electrons. The highest BCUT2D eigenvalue weighted by Crippen LogP contribution is 2.06. The molecule has 0 fully saturated rings. The van der Waals surface area contributed by atoms with Crippen molar-refractivity contribution in [3.8, 4) is 0 Å². The Hall–Kier alpha value is -1.56. The van der Waals surface area contributed by atoms with Crippen molar-refractivity contribution in [2.45, 2.75) is 45.8 Å². The van der Waals surface area contributed by atoms with Gasteiger partial charge in [0.2, 0.25) is 0 Å². The molecule has 2 unspecified atom stereocenters. The molecule has 0 saturated carbocycles. The van der Waals surface area contributed by atoms with Crippen molar-refractivity contribution in [3.05, 3.63) is 12.2 Å². The van der Waals surface area contributed by atoms with Gasteiger partial charge in [-0.1, -0.05) is 13.5 Å². The third kappa shape index (κ3) is 9.07. The van der Waals surface area contributed by atoms with E-state index in [-0.39, 0.29) is 19.3 Å². The fraction of sp³-hybridized carbons (Fsp3) is 0.692. The van der Waals surface area contributed by atoms with Crippen LogP contribution in [0.5, 0.6) is 0 Å². The van der Waals surface area contributed by atoms with Gasteiger partial charge < -0.3 is 19.9 Å². The van der Waals surface area contributed by atoms with Gasteiger partial charge in [0.1, 0.15) is 12.7 Å². The highest BCUT2D eigenvalue weighted by Gasteiger charge is 2.14. The molecule has 0 aromatic rings. The van der Waals surface area contributed by atoms with Crippen LogP contribution in [0.4, 0.5) is 4.79 Å². The highest BCUT2D eigenvalue weighted by molar-refractivity contribution is 5.86. The van der Waals surface area contributed by atoms with Crippen molar-refractivity contribution in [2.75, 3.05) is 13.2 Å². The molecule has 0 bridgehead atoms. The second-order valence-electron chi connectivity index (χ2n) is 4.36. The van der Waals surface area contributed by atoms with E-state index in [0.717, 1.165) is 0 Å². The first-order valence-corrected chi connectivity index (χ1v) is 6.32. The Balaban J connectivity index is 3.80. The average Bonchev–Trinajstić information content (AvgIpc) is 2.32. The maximum atomic E-state index is 11.4. The van der Waals surface area contributed by atoms with Crippen LogP contribution in [0.25, 0.3) is 0 Å². The monoisotopic (exact) mass is 273 g/mol. The summed E-state index contributed by atoms with van der Waals surface area (Å²) in [5, 5.41) is 11.7. The Bertz CT molecular complexity index is 314. The van der Waals surface area contributed by atoms with Gasteiger partial charge in [0.05, 0.1) is 12.6 Å². The molecule has 6 nitrogen and oxygen atoms in total. The van der Waals surface area contributed by atoms with Crippen LogP contribution in [0.3, 0.4) is 0 Å². The smallest absolute Gasteiger partial charge is 0.407 e. The Morgan fingerprint density at radius 1 is 1.42 bits per heavy atom. The highest BCUT2D eigenvalue weighted by atomic mass is 16.6. The number of aliphatic hydroxyl groups excluding tert-OH is 1. The molecule has 2 atom stereocenters. The average molecular weight is 273 g/mol. The third-order valence-electron chi connectivity index (χ3n) is 2.29. The molecule has 6 heteroatoms. The number of esters is 1. The summed E-state index contributed by atoms with van der Waals surface area (Å²) in [4.78, 5) is 22.4. The number of ether oxygens (including phenoxy) is 2. The number of hydrogen-bond acceptors (Lipinski definition) is 5. The number of aliphatic hydroxyl groups is 1. The molecule has 0 saturated heterocycles. The predicted molar refractivity (Wildman–Crippen MR) is 70.6 cm³/mol. The molecule has 19 heavy (non-hydrogen) atoms. The minimum Gasteiger partial charge on any atom is -0.460 e. The summed E-state index contributed by atoms with van der Waals surface area (Å²) in [6.07, 6.45) is -0.400. The largest absolute Gasteiger partial charge is 0.460 e. The van der Waals surface area contributed by atoms with Crippen LogP contribution in [0.15, 0.2) is 12.2 Å². The van der Waals surface area contributed by atoms with Gasteiger partial charge in [-0.05, 0) is 20.3 Å². The summed E-state index contributed by atoms with van der Waals surface area (Å²) >= 11 is 0. The second-order valence-corrected chi connectivity index (χ2v) is 4.36. The molecule has 0 radical (unpaired) electrons. The number of hydrogen-bond donors (Lipinski definition) is 2. The molecule has 2 N–H and O–H groups in total. The molecule has 0 rings (SSSR count). The molecule has 1 amide bonds. The lowest BCUT2D eigenvalue weighted by Crippen LogP contribution is -2.32. The summed E-state index contributed by atoms with van der Waals surface area (Å²) in [5.74, 6) is -0.490. The summed E-state index contributed by atoms with van der Waals surface area (Å²) in [6.45, 7) is 8.73. The molecular formula is C13H23NO5. The van der Waals surface area contributed by atoms with Gasteiger partial charge in [0.25, 0.3) is 0 Å². The Labute approximate surface area is 113 Å². The van der Waals surface area contributed by atoms with Gasteiger partial charge >= 0.3 is 12.1 Å². The number of alkyl carbamates (subject to hydrolysis) is 1. The fourth-order valence-corrected chi connectivity index (χ4v) is 1.29. The van der Waals surface area contributed by atoms with E-state index < -0.39 is 18.2 Å². The molecule has 0 aromatic heterocycles. The van der Waals surface area contributed by atoms with Crippen LogP contribution in [-0.4, -0.2) is 42.5 Å². The number of nitrogens with one attached hydrogen (secondary N) is 1. The Morgan fingerprint density at radius 3 is 2.53 bits per heavy atom. The van der Waals surface area contributed by atoms with E-state index in [1.807, 2.05) is 6.92 Å². The summed E-state index contributed by atoms with van der Waals surface area (Å²) < 4.78 is 9.90. The van der Waals surface area contributed by atoms with Crippen LogP contribution in [0, 0.1) is 0 Å². The zero-order chi connectivity index (χ0) is 14.8. The van der Waals surface area contributed by atoms with Crippen molar-refractivity contribution >= 4 is 12.1 Å². The van der Waals surface area contributed by atoms with E-state index in [1.165, 1.54) is 0 Å². The number of carbonyl (C=O) groups is 2. The maximum absolute atomic E-state index is 11.4. The maximum Gasteiger partial charge on any atom is 0.407 e. The van der Waals surface area contributed by atoms with Crippen LogP contribution in [0.1, 0.15) is 33.6 Å². The number of rotatable bonds is 8. The Kier molecular flexibility index (Phi) is 8.61. The quantitative estimate of drug-likeness (QED) is 0.396. The first-order chi connectivity index (χ1) is 8.86. The third-order valence-corrected chi connectivity index (χ3v) is 2.29. The predicted octanol–water partition coefficient (Wildman–Crippen LogP) is 1.38. The molecule has 0 aliphatic rings. The summed E-state index contributed by atoms with van der Waals surface area (Å²) in [7, 11) is 0. The van der Waals surface area contributed by atoms with Gasteiger partial charge in [0.15, 0.2) is 0 Å². The lowest BCUT2D eigenvalue weighted by atomic mass is 10.1. The van der Waals surface area contributed by atoms with Gasteiger partial charge in [-0.25, -0.2) is 9.59 Å².